The van der Waals surface area contributed by atoms with Crippen LogP contribution < -0.4 is 15.5 Å². The number of pyridine rings is 1. The predicted molar refractivity (Wildman–Crippen MR) is 106 cm³/mol. The summed E-state index contributed by atoms with van der Waals surface area (Å²) in [6.45, 7) is 9.49. The van der Waals surface area contributed by atoms with E-state index in [1.807, 2.05) is 41.8 Å². The van der Waals surface area contributed by atoms with Crippen molar-refractivity contribution in [1.29, 1.82) is 0 Å². The van der Waals surface area contributed by atoms with Gasteiger partial charge in [0.1, 0.15) is 5.82 Å². The molecule has 0 amide bonds. The first-order valence-electron chi connectivity index (χ1n) is 9.05. The summed E-state index contributed by atoms with van der Waals surface area (Å²) >= 11 is 0. The lowest BCUT2D eigenvalue weighted by molar-refractivity contribution is 0.00578. The molecule has 10 heteroatoms. The van der Waals surface area contributed by atoms with Gasteiger partial charge in [0.15, 0.2) is 0 Å². The van der Waals surface area contributed by atoms with Crippen LogP contribution in [-0.2, 0) is 25.1 Å². The Morgan fingerprint density at radius 1 is 1.26 bits per heavy atom. The molecule has 2 saturated heterocycles. The van der Waals surface area contributed by atoms with Crippen molar-refractivity contribution in [1.82, 2.24) is 9.88 Å². The first kappa shape index (κ1) is 20.5. The standard InChI is InChI=1S/C17H29BN4O4S/c1-16(2)17(3,4)26-18(25-16)13-7-12(11-27(19,23)24)15(20-8-13)22-9-14(10-22)21(5)6/h7-8,14H,9-11H2,1-6H3,(H2,19,23,24). The van der Waals surface area contributed by atoms with Gasteiger partial charge in [-0.1, -0.05) is 6.07 Å². The van der Waals surface area contributed by atoms with E-state index in [1.54, 1.807) is 12.3 Å². The van der Waals surface area contributed by atoms with E-state index in [1.165, 1.54) is 0 Å². The first-order valence-corrected chi connectivity index (χ1v) is 10.8. The Morgan fingerprint density at radius 2 is 1.81 bits per heavy atom. The van der Waals surface area contributed by atoms with E-state index in [9.17, 15) is 8.42 Å². The third kappa shape index (κ3) is 4.14. The molecule has 0 unspecified atom stereocenters. The van der Waals surface area contributed by atoms with Crippen molar-refractivity contribution in [3.63, 3.8) is 0 Å². The fourth-order valence-corrected chi connectivity index (χ4v) is 3.84. The molecule has 0 aromatic carbocycles. The minimum atomic E-state index is -3.69. The summed E-state index contributed by atoms with van der Waals surface area (Å²) < 4.78 is 35.6. The first-order chi connectivity index (χ1) is 12.3. The quantitative estimate of drug-likeness (QED) is 0.696. The molecule has 3 heterocycles. The number of hydrogen-bond acceptors (Lipinski definition) is 7. The largest absolute Gasteiger partial charge is 0.496 e. The van der Waals surface area contributed by atoms with Gasteiger partial charge in [0.2, 0.25) is 10.0 Å². The third-order valence-electron chi connectivity index (χ3n) is 5.74. The molecule has 150 valence electrons. The van der Waals surface area contributed by atoms with Gasteiger partial charge in [0.25, 0.3) is 0 Å². The highest BCUT2D eigenvalue weighted by atomic mass is 32.2. The van der Waals surface area contributed by atoms with E-state index in [4.69, 9.17) is 14.4 Å². The van der Waals surface area contributed by atoms with Crippen molar-refractivity contribution in [3.8, 4) is 0 Å². The smallest absolute Gasteiger partial charge is 0.399 e. The summed E-state index contributed by atoms with van der Waals surface area (Å²) in [5.74, 6) is 0.383. The van der Waals surface area contributed by atoms with Crippen molar-refractivity contribution >= 4 is 28.4 Å². The Labute approximate surface area is 162 Å². The summed E-state index contributed by atoms with van der Waals surface area (Å²) in [5, 5.41) is 5.32. The number of nitrogens with two attached hydrogens (primary N) is 1. The van der Waals surface area contributed by atoms with E-state index >= 15 is 0 Å². The minimum Gasteiger partial charge on any atom is -0.399 e. The van der Waals surface area contributed by atoms with Gasteiger partial charge in [-0.15, -0.1) is 0 Å². The average Bonchev–Trinajstić information content (AvgIpc) is 2.65. The predicted octanol–water partition coefficient (Wildman–Crippen LogP) is -0.0805. The molecular weight excluding hydrogens is 367 g/mol. The number of nitrogens with zero attached hydrogens (tertiary/aromatic N) is 3. The minimum absolute atomic E-state index is 0.272. The maximum atomic E-state index is 11.8. The van der Waals surface area contributed by atoms with Gasteiger partial charge in [0, 0.05) is 36.4 Å². The lowest BCUT2D eigenvalue weighted by Crippen LogP contribution is -2.58. The molecule has 0 spiro atoms. The molecule has 0 radical (unpaired) electrons. The van der Waals surface area contributed by atoms with Crippen LogP contribution in [0.3, 0.4) is 0 Å². The number of anilines is 1. The Kier molecular flexibility index (Phi) is 5.10. The molecular formula is C17H29BN4O4S. The highest BCUT2D eigenvalue weighted by molar-refractivity contribution is 7.88. The lowest BCUT2D eigenvalue weighted by atomic mass is 9.79. The van der Waals surface area contributed by atoms with Crippen LogP contribution in [-0.4, -0.2) is 69.8 Å². The second-order valence-electron chi connectivity index (χ2n) is 8.67. The van der Waals surface area contributed by atoms with E-state index in [0.29, 0.717) is 22.9 Å². The summed E-state index contributed by atoms with van der Waals surface area (Å²) in [7, 11) is -0.228. The fourth-order valence-electron chi connectivity index (χ4n) is 3.19. The van der Waals surface area contributed by atoms with Gasteiger partial charge in [-0.3, -0.25) is 0 Å². The molecule has 27 heavy (non-hydrogen) atoms. The van der Waals surface area contributed by atoms with Gasteiger partial charge < -0.3 is 19.1 Å². The second-order valence-corrected chi connectivity index (χ2v) is 10.3. The second kappa shape index (κ2) is 6.70. The molecule has 0 atom stereocenters. The third-order valence-corrected chi connectivity index (χ3v) is 6.45. The molecule has 2 fully saturated rings. The maximum Gasteiger partial charge on any atom is 0.496 e. The zero-order valence-corrected chi connectivity index (χ0v) is 17.7. The summed E-state index contributed by atoms with van der Waals surface area (Å²) in [6, 6.07) is 2.22. The van der Waals surface area contributed by atoms with Crippen molar-refractivity contribution < 1.29 is 17.7 Å². The van der Waals surface area contributed by atoms with Crippen molar-refractivity contribution in [2.24, 2.45) is 5.14 Å². The number of aromatic nitrogens is 1. The Morgan fingerprint density at radius 3 is 2.30 bits per heavy atom. The number of likely N-dealkylation sites (N-methyl/N-ethyl adjacent to an activating group) is 1. The number of rotatable bonds is 5. The van der Waals surface area contributed by atoms with Gasteiger partial charge in [-0.2, -0.15) is 0 Å². The van der Waals surface area contributed by atoms with Crippen LogP contribution in [0.25, 0.3) is 0 Å². The Bertz CT molecular complexity index is 806. The van der Waals surface area contributed by atoms with Gasteiger partial charge >= 0.3 is 7.12 Å². The monoisotopic (exact) mass is 396 g/mol. The molecule has 1 aromatic heterocycles. The maximum absolute atomic E-state index is 11.8. The van der Waals surface area contributed by atoms with Crippen molar-refractivity contribution in [2.75, 3.05) is 32.1 Å². The molecule has 1 aromatic rings. The van der Waals surface area contributed by atoms with Crippen LogP contribution in [0.1, 0.15) is 33.3 Å². The Hall–Kier alpha value is -1.20. The summed E-state index contributed by atoms with van der Waals surface area (Å²) in [6.07, 6.45) is 1.70. The molecule has 2 aliphatic rings. The van der Waals surface area contributed by atoms with Gasteiger partial charge in [0.05, 0.1) is 17.0 Å². The normalized spacial score (nSPS) is 22.4. The Balaban J connectivity index is 1.89. The van der Waals surface area contributed by atoms with E-state index in [2.05, 4.69) is 14.8 Å². The highest BCUT2D eigenvalue weighted by Crippen LogP contribution is 2.36. The molecule has 0 saturated carbocycles. The van der Waals surface area contributed by atoms with Crippen molar-refractivity contribution in [2.45, 2.75) is 50.7 Å². The molecule has 2 N–H and O–H groups in total. The number of hydrogen-bond donors (Lipinski definition) is 1. The number of sulfonamides is 1. The number of primary sulfonamides is 1. The molecule has 0 aliphatic carbocycles. The van der Waals surface area contributed by atoms with Crippen molar-refractivity contribution in [3.05, 3.63) is 17.8 Å². The zero-order chi connectivity index (χ0) is 20.2. The topological polar surface area (TPSA) is 98.0 Å². The van der Waals surface area contributed by atoms with Crippen LogP contribution in [0.2, 0.25) is 0 Å². The van der Waals surface area contributed by atoms with Crippen LogP contribution in [0.15, 0.2) is 12.3 Å². The van der Waals surface area contributed by atoms with Crippen LogP contribution >= 0.6 is 0 Å². The summed E-state index contributed by atoms with van der Waals surface area (Å²) in [5.41, 5.74) is 0.308. The lowest BCUT2D eigenvalue weighted by Gasteiger charge is -2.44. The molecule has 2 aliphatic heterocycles. The van der Waals surface area contributed by atoms with Crippen LogP contribution in [0.5, 0.6) is 0 Å². The highest BCUT2D eigenvalue weighted by Gasteiger charge is 2.52. The average molecular weight is 396 g/mol. The molecule has 3 rings (SSSR count). The van der Waals surface area contributed by atoms with Gasteiger partial charge in [-0.25, -0.2) is 18.5 Å². The summed E-state index contributed by atoms with van der Waals surface area (Å²) in [4.78, 5) is 8.76. The zero-order valence-electron chi connectivity index (χ0n) is 16.9. The van der Waals surface area contributed by atoms with E-state index in [-0.39, 0.29) is 5.75 Å². The van der Waals surface area contributed by atoms with Gasteiger partial charge in [-0.05, 0) is 41.8 Å². The molecule has 0 bridgehead atoms. The van der Waals surface area contributed by atoms with E-state index < -0.39 is 28.3 Å². The van der Waals surface area contributed by atoms with Crippen LogP contribution in [0, 0.1) is 0 Å². The van der Waals surface area contributed by atoms with Crippen LogP contribution in [0.4, 0.5) is 5.82 Å². The van der Waals surface area contributed by atoms with E-state index in [0.717, 1.165) is 13.1 Å². The fraction of sp³-hybridized carbons (Fsp3) is 0.706. The molecule has 8 nitrogen and oxygen atoms in total. The SMILES string of the molecule is CN(C)C1CN(c2ncc(B3OC(C)(C)C(C)(C)O3)cc2CS(N)(=O)=O)C1.